The molecule has 1 unspecified atom stereocenters. The van der Waals surface area contributed by atoms with E-state index in [1.165, 1.54) is 16.5 Å². The van der Waals surface area contributed by atoms with Gasteiger partial charge in [0.25, 0.3) is 0 Å². The van der Waals surface area contributed by atoms with Crippen LogP contribution in [0.25, 0.3) is 10.9 Å². The summed E-state index contributed by atoms with van der Waals surface area (Å²) in [7, 11) is 0. The molecule has 1 aromatic heterocycles. The van der Waals surface area contributed by atoms with Crippen molar-refractivity contribution >= 4 is 10.9 Å². The Morgan fingerprint density at radius 1 is 1.36 bits per heavy atom. The molecular weight excluding hydrogens is 172 g/mol. The first kappa shape index (κ1) is 9.28. The third kappa shape index (κ3) is 1.32. The van der Waals surface area contributed by atoms with E-state index in [0.717, 1.165) is 6.54 Å². The van der Waals surface area contributed by atoms with Crippen LogP contribution in [0.5, 0.6) is 0 Å². The minimum Gasteiger partial charge on any atom is -0.348 e. The fourth-order valence-electron chi connectivity index (χ4n) is 1.92. The molecule has 0 aliphatic heterocycles. The predicted molar refractivity (Wildman–Crippen MR) is 60.2 cm³/mol. The molecule has 2 nitrogen and oxygen atoms in total. The zero-order chi connectivity index (χ0) is 10.1. The van der Waals surface area contributed by atoms with Gasteiger partial charge in [0.15, 0.2) is 0 Å². The smallest absolute Gasteiger partial charge is 0.0483 e. The van der Waals surface area contributed by atoms with E-state index >= 15 is 0 Å². The van der Waals surface area contributed by atoms with Crippen LogP contribution in [-0.2, 0) is 6.54 Å². The number of rotatable bonds is 2. The Kier molecular flexibility index (Phi) is 2.30. The molecule has 2 heteroatoms. The van der Waals surface area contributed by atoms with Gasteiger partial charge in [-0.1, -0.05) is 12.1 Å². The van der Waals surface area contributed by atoms with Gasteiger partial charge in [-0.05, 0) is 31.5 Å². The Labute approximate surface area is 84.3 Å². The zero-order valence-electron chi connectivity index (χ0n) is 8.70. The molecule has 74 valence electrons. The van der Waals surface area contributed by atoms with Crippen molar-refractivity contribution in [3.8, 4) is 0 Å². The topological polar surface area (TPSA) is 30.9 Å². The second-order valence-electron chi connectivity index (χ2n) is 3.67. The fraction of sp³-hybridized carbons (Fsp3) is 0.333. The fourth-order valence-corrected chi connectivity index (χ4v) is 1.92. The van der Waals surface area contributed by atoms with Crippen molar-refractivity contribution in [2.24, 2.45) is 5.73 Å². The van der Waals surface area contributed by atoms with E-state index in [1.54, 1.807) is 0 Å². The van der Waals surface area contributed by atoms with Crippen LogP contribution in [0.2, 0.25) is 0 Å². The molecule has 0 spiro atoms. The highest BCUT2D eigenvalue weighted by Crippen LogP contribution is 2.23. The maximum atomic E-state index is 5.92. The van der Waals surface area contributed by atoms with Gasteiger partial charge in [0, 0.05) is 29.7 Å². The normalized spacial score (nSPS) is 13.4. The summed E-state index contributed by atoms with van der Waals surface area (Å²) in [5.41, 5.74) is 8.43. The SMILES string of the molecule is CCn1ccc2c(C(C)N)cccc21. The molecule has 1 aromatic carbocycles. The van der Waals surface area contributed by atoms with Crippen molar-refractivity contribution in [1.82, 2.24) is 4.57 Å². The van der Waals surface area contributed by atoms with E-state index in [4.69, 9.17) is 5.73 Å². The van der Waals surface area contributed by atoms with E-state index < -0.39 is 0 Å². The number of fused-ring (bicyclic) bond motifs is 1. The monoisotopic (exact) mass is 188 g/mol. The van der Waals surface area contributed by atoms with Crippen LogP contribution in [0.3, 0.4) is 0 Å². The molecule has 14 heavy (non-hydrogen) atoms. The summed E-state index contributed by atoms with van der Waals surface area (Å²) in [6.07, 6.45) is 2.12. The van der Waals surface area contributed by atoms with Gasteiger partial charge in [-0.25, -0.2) is 0 Å². The quantitative estimate of drug-likeness (QED) is 0.771. The number of nitrogens with two attached hydrogens (primary N) is 1. The van der Waals surface area contributed by atoms with Crippen molar-refractivity contribution in [3.63, 3.8) is 0 Å². The van der Waals surface area contributed by atoms with Crippen LogP contribution in [0.4, 0.5) is 0 Å². The van der Waals surface area contributed by atoms with Crippen molar-refractivity contribution in [2.45, 2.75) is 26.4 Å². The summed E-state index contributed by atoms with van der Waals surface area (Å²) >= 11 is 0. The van der Waals surface area contributed by atoms with Crippen molar-refractivity contribution < 1.29 is 0 Å². The molecule has 1 atom stereocenters. The highest BCUT2D eigenvalue weighted by Gasteiger charge is 2.06. The molecule has 0 saturated heterocycles. The summed E-state index contributed by atoms with van der Waals surface area (Å²) in [6, 6.07) is 8.58. The lowest BCUT2D eigenvalue weighted by Crippen LogP contribution is -2.05. The highest BCUT2D eigenvalue weighted by molar-refractivity contribution is 5.84. The lowest BCUT2D eigenvalue weighted by Gasteiger charge is -2.08. The van der Waals surface area contributed by atoms with Crippen molar-refractivity contribution in [1.29, 1.82) is 0 Å². The van der Waals surface area contributed by atoms with Gasteiger partial charge >= 0.3 is 0 Å². The molecule has 0 aliphatic rings. The van der Waals surface area contributed by atoms with Crippen LogP contribution >= 0.6 is 0 Å². The van der Waals surface area contributed by atoms with E-state index in [2.05, 4.69) is 42.0 Å². The number of aryl methyl sites for hydroxylation is 1. The molecule has 0 amide bonds. The summed E-state index contributed by atoms with van der Waals surface area (Å²) in [4.78, 5) is 0. The Morgan fingerprint density at radius 2 is 2.14 bits per heavy atom. The highest BCUT2D eigenvalue weighted by atomic mass is 14.9. The van der Waals surface area contributed by atoms with E-state index in [-0.39, 0.29) is 6.04 Å². The average Bonchev–Trinajstić information content (AvgIpc) is 2.59. The summed E-state index contributed by atoms with van der Waals surface area (Å²) in [5.74, 6) is 0. The van der Waals surface area contributed by atoms with E-state index in [0.29, 0.717) is 0 Å². The van der Waals surface area contributed by atoms with Crippen molar-refractivity contribution in [2.75, 3.05) is 0 Å². The Hall–Kier alpha value is -1.28. The minimum absolute atomic E-state index is 0.103. The van der Waals surface area contributed by atoms with Gasteiger partial charge in [0.2, 0.25) is 0 Å². The van der Waals surface area contributed by atoms with Crippen LogP contribution in [0.15, 0.2) is 30.5 Å². The van der Waals surface area contributed by atoms with E-state index in [1.807, 2.05) is 6.92 Å². The summed E-state index contributed by atoms with van der Waals surface area (Å²) < 4.78 is 2.24. The largest absolute Gasteiger partial charge is 0.348 e. The second kappa shape index (κ2) is 3.46. The number of nitrogens with zero attached hydrogens (tertiary/aromatic N) is 1. The van der Waals surface area contributed by atoms with Crippen LogP contribution < -0.4 is 5.73 Å². The molecule has 0 bridgehead atoms. The van der Waals surface area contributed by atoms with Crippen LogP contribution in [-0.4, -0.2) is 4.57 Å². The first-order chi connectivity index (χ1) is 6.74. The van der Waals surface area contributed by atoms with Gasteiger partial charge in [-0.3, -0.25) is 0 Å². The number of aromatic nitrogens is 1. The summed E-state index contributed by atoms with van der Waals surface area (Å²) in [5, 5.41) is 1.28. The third-order valence-corrected chi connectivity index (χ3v) is 2.68. The third-order valence-electron chi connectivity index (χ3n) is 2.68. The number of hydrogen-bond donors (Lipinski definition) is 1. The number of hydrogen-bond acceptors (Lipinski definition) is 1. The molecule has 0 radical (unpaired) electrons. The van der Waals surface area contributed by atoms with Crippen LogP contribution in [0, 0.1) is 0 Å². The Bertz CT molecular complexity index is 441. The standard InChI is InChI=1S/C12H16N2/c1-3-14-8-7-11-10(9(2)13)5-4-6-12(11)14/h4-9H,3,13H2,1-2H3. The predicted octanol–water partition coefficient (Wildman–Crippen LogP) is 2.68. The Balaban J connectivity index is 2.70. The van der Waals surface area contributed by atoms with Gasteiger partial charge in [-0.15, -0.1) is 0 Å². The van der Waals surface area contributed by atoms with Crippen LogP contribution in [0.1, 0.15) is 25.5 Å². The second-order valence-corrected chi connectivity index (χ2v) is 3.67. The van der Waals surface area contributed by atoms with E-state index in [9.17, 15) is 0 Å². The lowest BCUT2D eigenvalue weighted by molar-refractivity contribution is 0.795. The minimum atomic E-state index is 0.103. The molecule has 0 saturated carbocycles. The molecule has 2 aromatic rings. The summed E-state index contributed by atoms with van der Waals surface area (Å²) in [6.45, 7) is 5.18. The molecule has 2 N–H and O–H groups in total. The molecule has 0 aliphatic carbocycles. The first-order valence-electron chi connectivity index (χ1n) is 5.07. The molecule has 0 fully saturated rings. The maximum Gasteiger partial charge on any atom is 0.0483 e. The maximum absolute atomic E-state index is 5.92. The first-order valence-corrected chi connectivity index (χ1v) is 5.07. The average molecular weight is 188 g/mol. The van der Waals surface area contributed by atoms with Gasteiger partial charge in [0.05, 0.1) is 0 Å². The molecular formula is C12H16N2. The van der Waals surface area contributed by atoms with Gasteiger partial charge in [-0.2, -0.15) is 0 Å². The molecule has 2 rings (SSSR count). The van der Waals surface area contributed by atoms with Gasteiger partial charge < -0.3 is 10.3 Å². The molecule has 1 heterocycles. The van der Waals surface area contributed by atoms with Gasteiger partial charge in [0.1, 0.15) is 0 Å². The lowest BCUT2D eigenvalue weighted by atomic mass is 10.0. The van der Waals surface area contributed by atoms with Crippen molar-refractivity contribution in [3.05, 3.63) is 36.0 Å². The zero-order valence-corrected chi connectivity index (χ0v) is 8.70. The number of benzene rings is 1. The Morgan fingerprint density at radius 3 is 2.79 bits per heavy atom.